The van der Waals surface area contributed by atoms with Crippen molar-refractivity contribution in [2.75, 3.05) is 0 Å². The molecule has 0 spiro atoms. The molecular weight excluding hydrogens is 218 g/mol. The Morgan fingerprint density at radius 2 is 1.11 bits per heavy atom. The van der Waals surface area contributed by atoms with Crippen LogP contribution in [0.1, 0.15) is 27.7 Å². The summed E-state index contributed by atoms with van der Waals surface area (Å²) in [4.78, 5) is 0. The Hall–Kier alpha value is 0.298. The van der Waals surface area contributed by atoms with E-state index in [0.29, 0.717) is 0 Å². The van der Waals surface area contributed by atoms with Gasteiger partial charge in [-0.2, -0.15) is 0 Å². The number of rotatable bonds is 0. The van der Waals surface area contributed by atoms with Crippen molar-refractivity contribution in [2.24, 2.45) is 0 Å². The van der Waals surface area contributed by atoms with Crippen molar-refractivity contribution in [1.82, 2.24) is 0 Å². The van der Waals surface area contributed by atoms with E-state index < -0.39 is 0 Å². The molecule has 0 amide bonds. The molecule has 1 radical (unpaired) electrons. The molecule has 0 aromatic carbocycles. The molecule has 0 bridgehead atoms. The van der Waals surface area contributed by atoms with Gasteiger partial charge < -0.3 is 0 Å². The van der Waals surface area contributed by atoms with Crippen LogP contribution in [0.4, 0.5) is 0 Å². The maximum absolute atomic E-state index is 2.28. The molecule has 0 aromatic heterocycles. The summed E-state index contributed by atoms with van der Waals surface area (Å²) in [7, 11) is 0. The van der Waals surface area contributed by atoms with Gasteiger partial charge in [-0.05, 0) is 0 Å². The Labute approximate surface area is 67.6 Å². The standard InChI is InChI=1S/C8H12.Sb/c1-5-7(3)8(4)6-2;/h1-4H3;. The van der Waals surface area contributed by atoms with Crippen LogP contribution in [-0.4, -0.2) is 21.6 Å². The average molecular weight is 230 g/mol. The second-order valence-corrected chi connectivity index (χ2v) is 7.00. The van der Waals surface area contributed by atoms with Crippen LogP contribution < -0.4 is 0 Å². The van der Waals surface area contributed by atoms with Crippen LogP contribution in [0.2, 0.25) is 0 Å². The van der Waals surface area contributed by atoms with Gasteiger partial charge in [0.2, 0.25) is 0 Å². The fraction of sp³-hybridized carbons (Fsp3) is 0.500. The molecule has 49 valence electrons. The molecule has 0 aromatic rings. The Morgan fingerprint density at radius 3 is 1.22 bits per heavy atom. The SMILES string of the molecule is C[C]1=C(C)C(C)=[C](C)[Sb]1. The van der Waals surface area contributed by atoms with Crippen molar-refractivity contribution in [2.45, 2.75) is 27.7 Å². The molecule has 0 saturated carbocycles. The number of hydrogen-bond acceptors (Lipinski definition) is 0. The predicted octanol–water partition coefficient (Wildman–Crippen LogP) is 2.29. The van der Waals surface area contributed by atoms with E-state index in [4.69, 9.17) is 0 Å². The molecule has 0 saturated heterocycles. The van der Waals surface area contributed by atoms with Crippen molar-refractivity contribution in [1.29, 1.82) is 0 Å². The molecule has 0 nitrogen and oxygen atoms in total. The van der Waals surface area contributed by atoms with Gasteiger partial charge in [0.05, 0.1) is 0 Å². The van der Waals surface area contributed by atoms with Crippen LogP contribution in [0.5, 0.6) is 0 Å². The second-order valence-electron chi connectivity index (χ2n) is 2.53. The van der Waals surface area contributed by atoms with Crippen molar-refractivity contribution < 1.29 is 0 Å². The van der Waals surface area contributed by atoms with Crippen LogP contribution in [0.15, 0.2) is 18.2 Å². The topological polar surface area (TPSA) is 0 Å². The molecule has 0 N–H and O–H groups in total. The van der Waals surface area contributed by atoms with Gasteiger partial charge in [-0.25, -0.2) is 0 Å². The van der Waals surface area contributed by atoms with E-state index in [2.05, 4.69) is 27.7 Å². The number of allylic oxidation sites excluding steroid dienone is 4. The summed E-state index contributed by atoms with van der Waals surface area (Å²) >= 11 is -0.0356. The van der Waals surface area contributed by atoms with Crippen molar-refractivity contribution in [3.05, 3.63) is 18.2 Å². The molecule has 0 aliphatic carbocycles. The first-order valence-corrected chi connectivity index (χ1v) is 5.75. The molecule has 1 rings (SSSR count). The van der Waals surface area contributed by atoms with Crippen molar-refractivity contribution in [3.63, 3.8) is 0 Å². The third kappa shape index (κ3) is 1.24. The van der Waals surface area contributed by atoms with Gasteiger partial charge >= 0.3 is 67.5 Å². The molecule has 1 aliphatic rings. The average Bonchev–Trinajstić information content (AvgIpc) is 1.98. The zero-order chi connectivity index (χ0) is 7.02. The summed E-state index contributed by atoms with van der Waals surface area (Å²) in [6.45, 7) is 9.06. The minimum atomic E-state index is -0.0356. The van der Waals surface area contributed by atoms with E-state index >= 15 is 0 Å². The van der Waals surface area contributed by atoms with E-state index in [1.165, 1.54) is 0 Å². The summed E-state index contributed by atoms with van der Waals surface area (Å²) in [5, 5.41) is 0. The fourth-order valence-electron chi connectivity index (χ4n) is 0.962. The van der Waals surface area contributed by atoms with E-state index in [1.807, 2.05) is 0 Å². The van der Waals surface area contributed by atoms with Crippen LogP contribution in [0, 0.1) is 0 Å². The monoisotopic (exact) mass is 229 g/mol. The third-order valence-electron chi connectivity index (χ3n) is 1.98. The summed E-state index contributed by atoms with van der Waals surface area (Å²) < 4.78 is 3.39. The molecule has 1 aliphatic heterocycles. The molecular formula is C8H12Sb. The van der Waals surface area contributed by atoms with Gasteiger partial charge in [0, 0.05) is 0 Å². The van der Waals surface area contributed by atoms with E-state index in [0.717, 1.165) is 0 Å². The molecule has 9 heavy (non-hydrogen) atoms. The Bertz CT molecular complexity index is 175. The quantitative estimate of drug-likeness (QED) is 0.560. The number of hydrogen-bond donors (Lipinski definition) is 0. The fourth-order valence-corrected chi connectivity index (χ4v) is 4.31. The van der Waals surface area contributed by atoms with Gasteiger partial charge in [0.1, 0.15) is 0 Å². The van der Waals surface area contributed by atoms with Crippen LogP contribution in [0.25, 0.3) is 0 Å². The maximum atomic E-state index is 2.28. The van der Waals surface area contributed by atoms with Gasteiger partial charge in [-0.3, -0.25) is 0 Å². The van der Waals surface area contributed by atoms with Crippen LogP contribution in [0.3, 0.4) is 0 Å². The summed E-state index contributed by atoms with van der Waals surface area (Å²) in [6, 6.07) is 0. The summed E-state index contributed by atoms with van der Waals surface area (Å²) in [6.07, 6.45) is 0. The van der Waals surface area contributed by atoms with Gasteiger partial charge in [-0.15, -0.1) is 0 Å². The summed E-state index contributed by atoms with van der Waals surface area (Å²) in [5.74, 6) is 0. The zero-order valence-electron chi connectivity index (χ0n) is 6.45. The molecule has 1 heteroatoms. The Balaban J connectivity index is 2.97. The third-order valence-corrected chi connectivity index (χ3v) is 5.81. The van der Waals surface area contributed by atoms with Crippen LogP contribution in [-0.2, 0) is 0 Å². The van der Waals surface area contributed by atoms with E-state index in [9.17, 15) is 0 Å². The van der Waals surface area contributed by atoms with E-state index in [-0.39, 0.29) is 21.6 Å². The van der Waals surface area contributed by atoms with Gasteiger partial charge in [-0.1, -0.05) is 0 Å². The Kier molecular flexibility index (Phi) is 2.06. The van der Waals surface area contributed by atoms with Crippen LogP contribution >= 0.6 is 0 Å². The first-order valence-electron chi connectivity index (χ1n) is 3.20. The zero-order valence-corrected chi connectivity index (χ0v) is 9.00. The predicted molar refractivity (Wildman–Crippen MR) is 42.5 cm³/mol. The van der Waals surface area contributed by atoms with Crippen molar-refractivity contribution in [3.8, 4) is 0 Å². The minimum absolute atomic E-state index is 0.0356. The Morgan fingerprint density at radius 1 is 0.778 bits per heavy atom. The van der Waals surface area contributed by atoms with Gasteiger partial charge in [0.15, 0.2) is 0 Å². The molecule has 0 unspecified atom stereocenters. The normalized spacial score (nSPS) is 20.0. The van der Waals surface area contributed by atoms with E-state index in [1.54, 1.807) is 18.2 Å². The molecule has 0 atom stereocenters. The van der Waals surface area contributed by atoms with Crippen molar-refractivity contribution >= 4 is 21.6 Å². The molecule has 1 heterocycles. The first-order chi connectivity index (χ1) is 4.13. The first kappa shape index (κ1) is 7.41. The second kappa shape index (κ2) is 2.50. The van der Waals surface area contributed by atoms with Gasteiger partial charge in [0.25, 0.3) is 0 Å². The molecule has 0 fully saturated rings. The summed E-state index contributed by atoms with van der Waals surface area (Å²) in [5.41, 5.74) is 3.15.